The molecule has 2 N–H and O–H groups in total. The Labute approximate surface area is 47.8 Å². The Kier molecular flexibility index (Phi) is 1.17. The Bertz CT molecular complexity index is 150. The highest BCUT2D eigenvalue weighted by atomic mass is 14.9. The van der Waals surface area contributed by atoms with E-state index in [1.165, 1.54) is 0 Å². The topological polar surface area (TPSA) is 62.2 Å². The lowest BCUT2D eigenvalue weighted by atomic mass is 10.4. The minimum atomic E-state index is 0.426. The lowest BCUT2D eigenvalue weighted by Crippen LogP contribution is -2.12. The highest BCUT2D eigenvalue weighted by molar-refractivity contribution is 5.85. The molecule has 1 aliphatic rings. The molecule has 42 valence electrons. The zero-order valence-corrected chi connectivity index (χ0v) is 4.46. The molecule has 0 aliphatic heterocycles. The molecule has 0 atom stereocenters. The van der Waals surface area contributed by atoms with Crippen molar-refractivity contribution in [2.75, 3.05) is 0 Å². The summed E-state index contributed by atoms with van der Waals surface area (Å²) in [6.07, 6.45) is 3.87. The van der Waals surface area contributed by atoms with Crippen LogP contribution in [0.3, 0.4) is 0 Å². The van der Waals surface area contributed by atoms with E-state index in [2.05, 4.69) is 4.99 Å². The molecule has 0 unspecified atom stereocenters. The first kappa shape index (κ1) is 5.10. The molecule has 3 nitrogen and oxygen atoms in total. The summed E-state index contributed by atoms with van der Waals surface area (Å²) in [7, 11) is 0. The molecule has 3 heteroatoms. The summed E-state index contributed by atoms with van der Waals surface area (Å²) in [5, 5.41) is 8.00. The maximum Gasteiger partial charge on any atom is 0.207 e. The Morgan fingerprint density at radius 3 is 2.75 bits per heavy atom. The quantitative estimate of drug-likeness (QED) is 0.297. The van der Waals surface area contributed by atoms with Crippen LogP contribution in [0.25, 0.3) is 0 Å². The molecule has 1 aliphatic carbocycles. The number of rotatable bonds is 1. The maximum atomic E-state index is 8.00. The van der Waals surface area contributed by atoms with E-state index in [1.54, 1.807) is 6.19 Å². The number of nitriles is 1. The third-order valence-electron chi connectivity index (χ3n) is 1.17. The summed E-state index contributed by atoms with van der Waals surface area (Å²) in [5.74, 6) is 0.933. The van der Waals surface area contributed by atoms with E-state index in [4.69, 9.17) is 11.0 Å². The maximum absolute atomic E-state index is 8.00. The van der Waals surface area contributed by atoms with Gasteiger partial charge >= 0.3 is 0 Å². The molecule has 0 aromatic carbocycles. The second-order valence-corrected chi connectivity index (χ2v) is 1.91. The molecule has 1 saturated carbocycles. The monoisotopic (exact) mass is 109 g/mol. The Morgan fingerprint density at radius 2 is 2.38 bits per heavy atom. The number of aliphatic imine (C=N–C) groups is 1. The molecular formula is C5H7N3. The van der Waals surface area contributed by atoms with Gasteiger partial charge in [-0.3, -0.25) is 0 Å². The second kappa shape index (κ2) is 1.83. The lowest BCUT2D eigenvalue weighted by Gasteiger charge is -1.86. The van der Waals surface area contributed by atoms with E-state index in [0.29, 0.717) is 11.8 Å². The third kappa shape index (κ3) is 0.969. The number of nitrogens with zero attached hydrogens (tertiary/aromatic N) is 2. The first-order valence-corrected chi connectivity index (χ1v) is 2.56. The predicted octanol–water partition coefficient (Wildman–Crippen LogP) is 0.235. The van der Waals surface area contributed by atoms with E-state index in [-0.39, 0.29) is 0 Å². The van der Waals surface area contributed by atoms with Crippen molar-refractivity contribution in [3.63, 3.8) is 0 Å². The van der Waals surface area contributed by atoms with E-state index >= 15 is 0 Å². The largest absolute Gasteiger partial charge is 0.386 e. The van der Waals surface area contributed by atoms with Crippen molar-refractivity contribution in [1.29, 1.82) is 5.26 Å². The van der Waals surface area contributed by atoms with Crippen molar-refractivity contribution >= 4 is 5.84 Å². The minimum absolute atomic E-state index is 0.426. The average molecular weight is 109 g/mol. The average Bonchev–Trinajstić information content (AvgIpc) is 2.45. The van der Waals surface area contributed by atoms with Crippen molar-refractivity contribution in [2.24, 2.45) is 16.6 Å². The van der Waals surface area contributed by atoms with Gasteiger partial charge in [0.25, 0.3) is 0 Å². The van der Waals surface area contributed by atoms with Crippen molar-refractivity contribution in [3.05, 3.63) is 0 Å². The van der Waals surface area contributed by atoms with Crippen LogP contribution in [0.4, 0.5) is 0 Å². The molecule has 0 bridgehead atoms. The molecule has 0 saturated heterocycles. The fourth-order valence-corrected chi connectivity index (χ4v) is 0.528. The summed E-state index contributed by atoms with van der Waals surface area (Å²) in [5.41, 5.74) is 5.32. The molecule has 1 rings (SSSR count). The van der Waals surface area contributed by atoms with Crippen molar-refractivity contribution in [1.82, 2.24) is 0 Å². The SMILES string of the molecule is N#CN=C(N)C1CC1. The van der Waals surface area contributed by atoms with Crippen LogP contribution in [0.2, 0.25) is 0 Å². The lowest BCUT2D eigenvalue weighted by molar-refractivity contribution is 1.15. The van der Waals surface area contributed by atoms with Gasteiger partial charge in [0.1, 0.15) is 5.84 Å². The normalized spacial score (nSPS) is 20.1. The molecule has 0 aromatic heterocycles. The number of nitrogens with two attached hydrogens (primary N) is 1. The van der Waals surface area contributed by atoms with Gasteiger partial charge in [0.15, 0.2) is 0 Å². The summed E-state index contributed by atoms with van der Waals surface area (Å²) >= 11 is 0. The molecule has 0 amide bonds. The van der Waals surface area contributed by atoms with Crippen molar-refractivity contribution in [2.45, 2.75) is 12.8 Å². The molecule has 0 heterocycles. The van der Waals surface area contributed by atoms with Crippen LogP contribution in [-0.2, 0) is 0 Å². The first-order valence-electron chi connectivity index (χ1n) is 2.56. The van der Waals surface area contributed by atoms with Gasteiger partial charge in [-0.15, -0.1) is 0 Å². The van der Waals surface area contributed by atoms with Crippen LogP contribution < -0.4 is 5.73 Å². The molecular weight excluding hydrogens is 102 g/mol. The Balaban J connectivity index is 2.45. The van der Waals surface area contributed by atoms with Crippen molar-refractivity contribution in [3.8, 4) is 6.19 Å². The Hall–Kier alpha value is -1.04. The summed E-state index contributed by atoms with van der Waals surface area (Å²) < 4.78 is 0. The molecule has 1 fully saturated rings. The fourth-order valence-electron chi connectivity index (χ4n) is 0.528. The zero-order chi connectivity index (χ0) is 5.98. The van der Waals surface area contributed by atoms with Gasteiger partial charge < -0.3 is 5.73 Å². The van der Waals surface area contributed by atoms with E-state index < -0.39 is 0 Å². The second-order valence-electron chi connectivity index (χ2n) is 1.91. The first-order chi connectivity index (χ1) is 3.84. The highest BCUT2D eigenvalue weighted by Gasteiger charge is 2.25. The van der Waals surface area contributed by atoms with Gasteiger partial charge in [-0.2, -0.15) is 10.3 Å². The molecule has 0 spiro atoms. The van der Waals surface area contributed by atoms with Crippen LogP contribution in [0, 0.1) is 17.4 Å². The summed E-state index contributed by atoms with van der Waals surface area (Å²) in [6, 6.07) is 0. The molecule has 8 heavy (non-hydrogen) atoms. The molecule has 0 aromatic rings. The van der Waals surface area contributed by atoms with Crippen LogP contribution in [0.5, 0.6) is 0 Å². The van der Waals surface area contributed by atoms with Crippen LogP contribution in [0.1, 0.15) is 12.8 Å². The molecule has 0 radical (unpaired) electrons. The van der Waals surface area contributed by atoms with Gasteiger partial charge in [0.2, 0.25) is 6.19 Å². The van der Waals surface area contributed by atoms with Crippen molar-refractivity contribution < 1.29 is 0 Å². The van der Waals surface area contributed by atoms with Crippen LogP contribution >= 0.6 is 0 Å². The van der Waals surface area contributed by atoms with Gasteiger partial charge in [-0.1, -0.05) is 0 Å². The third-order valence-corrected chi connectivity index (χ3v) is 1.17. The van der Waals surface area contributed by atoms with Crippen LogP contribution in [-0.4, -0.2) is 5.84 Å². The van der Waals surface area contributed by atoms with Gasteiger partial charge in [-0.25, -0.2) is 0 Å². The standard InChI is InChI=1S/C5H7N3/c6-3-8-5(7)4-1-2-4/h4H,1-2H2,(H2,7,8). The van der Waals surface area contributed by atoms with Gasteiger partial charge in [-0.05, 0) is 12.8 Å². The fraction of sp³-hybridized carbons (Fsp3) is 0.600. The Morgan fingerprint density at radius 1 is 1.75 bits per heavy atom. The van der Waals surface area contributed by atoms with Crippen LogP contribution in [0.15, 0.2) is 4.99 Å². The van der Waals surface area contributed by atoms with E-state index in [0.717, 1.165) is 12.8 Å². The predicted molar refractivity (Wildman–Crippen MR) is 30.0 cm³/mol. The smallest absolute Gasteiger partial charge is 0.207 e. The number of amidine groups is 1. The van der Waals surface area contributed by atoms with E-state index in [1.807, 2.05) is 0 Å². The zero-order valence-electron chi connectivity index (χ0n) is 4.46. The van der Waals surface area contributed by atoms with E-state index in [9.17, 15) is 0 Å². The number of hydrogen-bond acceptors (Lipinski definition) is 2. The minimum Gasteiger partial charge on any atom is -0.386 e. The van der Waals surface area contributed by atoms with Gasteiger partial charge in [0.05, 0.1) is 0 Å². The summed E-state index contributed by atoms with van der Waals surface area (Å²) in [6.45, 7) is 0. The number of hydrogen-bond donors (Lipinski definition) is 1. The van der Waals surface area contributed by atoms with Gasteiger partial charge in [0, 0.05) is 5.92 Å². The highest BCUT2D eigenvalue weighted by Crippen LogP contribution is 2.28. The summed E-state index contributed by atoms with van der Waals surface area (Å²) in [4.78, 5) is 3.39.